The lowest BCUT2D eigenvalue weighted by molar-refractivity contribution is -0.124. The maximum atomic E-state index is 11.7. The van der Waals surface area contributed by atoms with Gasteiger partial charge in [-0.05, 0) is 38.1 Å². The lowest BCUT2D eigenvalue weighted by Crippen LogP contribution is -2.60. The molecule has 3 N–H and O–H groups in total. The number of rotatable bonds is 5. The minimum absolute atomic E-state index is 0.228. The van der Waals surface area contributed by atoms with Gasteiger partial charge in [0.15, 0.2) is 0 Å². The van der Waals surface area contributed by atoms with Crippen molar-refractivity contribution >= 4 is 5.91 Å². The van der Waals surface area contributed by atoms with Crippen LogP contribution in [0.1, 0.15) is 40.0 Å². The predicted molar refractivity (Wildman–Crippen MR) is 68.6 cm³/mol. The molecule has 1 saturated heterocycles. The van der Waals surface area contributed by atoms with Gasteiger partial charge in [0, 0.05) is 19.1 Å². The SMILES string of the molecule is CC1(C)CCN(CC(C)(NC2CC2)C(N)=O)C1. The number of amides is 1. The molecular weight excluding hydrogens is 214 g/mol. The van der Waals surface area contributed by atoms with Crippen molar-refractivity contribution in [3.05, 3.63) is 0 Å². The average molecular weight is 239 g/mol. The maximum absolute atomic E-state index is 11.7. The molecule has 1 unspecified atom stereocenters. The number of nitrogens with two attached hydrogens (primary N) is 1. The molecule has 1 aliphatic heterocycles. The zero-order chi connectivity index (χ0) is 12.7. The summed E-state index contributed by atoms with van der Waals surface area (Å²) in [6.07, 6.45) is 3.55. The van der Waals surface area contributed by atoms with Crippen LogP contribution in [-0.2, 0) is 4.79 Å². The van der Waals surface area contributed by atoms with E-state index in [1.807, 2.05) is 6.92 Å². The third-order valence-electron chi connectivity index (χ3n) is 3.94. The number of primary amides is 1. The van der Waals surface area contributed by atoms with Crippen LogP contribution in [0, 0.1) is 5.41 Å². The molecule has 1 heterocycles. The summed E-state index contributed by atoms with van der Waals surface area (Å²) in [5.74, 6) is -0.228. The number of hydrogen-bond donors (Lipinski definition) is 2. The number of nitrogens with one attached hydrogen (secondary N) is 1. The normalized spacial score (nSPS) is 27.9. The average Bonchev–Trinajstić information content (AvgIpc) is 2.91. The highest BCUT2D eigenvalue weighted by Gasteiger charge is 2.40. The van der Waals surface area contributed by atoms with E-state index in [0.717, 1.165) is 19.6 Å². The number of likely N-dealkylation sites (tertiary alicyclic amines) is 1. The van der Waals surface area contributed by atoms with Crippen LogP contribution in [0.5, 0.6) is 0 Å². The van der Waals surface area contributed by atoms with Crippen molar-refractivity contribution in [2.45, 2.75) is 51.6 Å². The highest BCUT2D eigenvalue weighted by atomic mass is 16.1. The molecule has 0 aromatic carbocycles. The van der Waals surface area contributed by atoms with Crippen molar-refractivity contribution in [1.29, 1.82) is 0 Å². The highest BCUT2D eigenvalue weighted by Crippen LogP contribution is 2.30. The third-order valence-corrected chi connectivity index (χ3v) is 3.94. The molecule has 0 radical (unpaired) electrons. The van der Waals surface area contributed by atoms with E-state index in [1.54, 1.807) is 0 Å². The summed E-state index contributed by atoms with van der Waals surface area (Å²) in [5, 5.41) is 3.40. The van der Waals surface area contributed by atoms with Gasteiger partial charge in [0.05, 0.1) is 0 Å². The summed E-state index contributed by atoms with van der Waals surface area (Å²) in [7, 11) is 0. The van der Waals surface area contributed by atoms with Crippen LogP contribution in [0.3, 0.4) is 0 Å². The molecule has 2 rings (SSSR count). The molecule has 1 amide bonds. The summed E-state index contributed by atoms with van der Waals surface area (Å²) in [5.41, 5.74) is 5.37. The van der Waals surface area contributed by atoms with Gasteiger partial charge >= 0.3 is 0 Å². The lowest BCUT2D eigenvalue weighted by atomic mass is 9.93. The number of hydrogen-bond acceptors (Lipinski definition) is 3. The monoisotopic (exact) mass is 239 g/mol. The van der Waals surface area contributed by atoms with Crippen LogP contribution in [0.4, 0.5) is 0 Å². The quantitative estimate of drug-likeness (QED) is 0.743. The molecular formula is C13H25N3O. The zero-order valence-electron chi connectivity index (χ0n) is 11.3. The van der Waals surface area contributed by atoms with Crippen LogP contribution in [-0.4, -0.2) is 42.0 Å². The Kier molecular flexibility index (Phi) is 3.21. The summed E-state index contributed by atoms with van der Waals surface area (Å²) < 4.78 is 0. The summed E-state index contributed by atoms with van der Waals surface area (Å²) in [6.45, 7) is 9.37. The molecule has 1 aliphatic carbocycles. The standard InChI is InChI=1S/C13H25N3O/c1-12(2)6-7-16(8-12)9-13(3,11(14)17)15-10-4-5-10/h10,15H,4-9H2,1-3H3,(H2,14,17). The predicted octanol–water partition coefficient (Wildman–Crippen LogP) is 0.714. The first-order valence-corrected chi connectivity index (χ1v) is 6.61. The van der Waals surface area contributed by atoms with Crippen molar-refractivity contribution in [3.8, 4) is 0 Å². The fourth-order valence-electron chi connectivity index (χ4n) is 2.68. The number of carbonyl (C=O) groups is 1. The van der Waals surface area contributed by atoms with Gasteiger partial charge < -0.3 is 10.6 Å². The van der Waals surface area contributed by atoms with Gasteiger partial charge in [-0.1, -0.05) is 13.8 Å². The van der Waals surface area contributed by atoms with Crippen LogP contribution < -0.4 is 11.1 Å². The third kappa shape index (κ3) is 3.19. The molecule has 4 nitrogen and oxygen atoms in total. The first-order chi connectivity index (χ1) is 7.81. The molecule has 0 aromatic rings. The molecule has 0 aromatic heterocycles. The van der Waals surface area contributed by atoms with Gasteiger partial charge in [0.2, 0.25) is 5.91 Å². The van der Waals surface area contributed by atoms with Gasteiger partial charge in [-0.25, -0.2) is 0 Å². The van der Waals surface area contributed by atoms with Gasteiger partial charge in [0.1, 0.15) is 5.54 Å². The van der Waals surface area contributed by atoms with E-state index in [0.29, 0.717) is 11.5 Å². The first kappa shape index (κ1) is 12.8. The van der Waals surface area contributed by atoms with E-state index < -0.39 is 5.54 Å². The fourth-order valence-corrected chi connectivity index (χ4v) is 2.68. The first-order valence-electron chi connectivity index (χ1n) is 6.61. The Morgan fingerprint density at radius 2 is 2.18 bits per heavy atom. The van der Waals surface area contributed by atoms with Crippen LogP contribution in [0.2, 0.25) is 0 Å². The smallest absolute Gasteiger partial charge is 0.238 e. The number of carbonyl (C=O) groups excluding carboxylic acids is 1. The van der Waals surface area contributed by atoms with Crippen LogP contribution >= 0.6 is 0 Å². The number of nitrogens with zero attached hydrogens (tertiary/aromatic N) is 1. The second-order valence-electron chi connectivity index (χ2n) is 6.74. The molecule has 2 aliphatic rings. The van der Waals surface area contributed by atoms with Crippen molar-refractivity contribution in [3.63, 3.8) is 0 Å². The van der Waals surface area contributed by atoms with Crippen molar-refractivity contribution in [2.24, 2.45) is 11.1 Å². The second-order valence-corrected chi connectivity index (χ2v) is 6.74. The Bertz CT molecular complexity index is 312. The Labute approximate surface area is 104 Å². The van der Waals surface area contributed by atoms with Gasteiger partial charge in [-0.2, -0.15) is 0 Å². The summed E-state index contributed by atoms with van der Waals surface area (Å²) in [6, 6.07) is 0.503. The molecule has 1 atom stereocenters. The van der Waals surface area contributed by atoms with Crippen molar-refractivity contribution in [2.75, 3.05) is 19.6 Å². The topological polar surface area (TPSA) is 58.4 Å². The van der Waals surface area contributed by atoms with Gasteiger partial charge in [-0.3, -0.25) is 10.1 Å². The molecule has 4 heteroatoms. The molecule has 0 spiro atoms. The van der Waals surface area contributed by atoms with E-state index in [2.05, 4.69) is 24.1 Å². The zero-order valence-corrected chi connectivity index (χ0v) is 11.3. The summed E-state index contributed by atoms with van der Waals surface area (Å²) >= 11 is 0. The molecule has 1 saturated carbocycles. The van der Waals surface area contributed by atoms with E-state index in [4.69, 9.17) is 5.73 Å². The van der Waals surface area contributed by atoms with E-state index in [1.165, 1.54) is 19.3 Å². The fraction of sp³-hybridized carbons (Fsp3) is 0.923. The largest absolute Gasteiger partial charge is 0.368 e. The molecule has 0 bridgehead atoms. The molecule has 2 fully saturated rings. The van der Waals surface area contributed by atoms with Gasteiger partial charge in [-0.15, -0.1) is 0 Å². The molecule has 17 heavy (non-hydrogen) atoms. The van der Waals surface area contributed by atoms with E-state index >= 15 is 0 Å². The van der Waals surface area contributed by atoms with Crippen LogP contribution in [0.25, 0.3) is 0 Å². The maximum Gasteiger partial charge on any atom is 0.238 e. The Morgan fingerprint density at radius 1 is 1.53 bits per heavy atom. The minimum atomic E-state index is -0.568. The Morgan fingerprint density at radius 3 is 2.59 bits per heavy atom. The van der Waals surface area contributed by atoms with Crippen molar-refractivity contribution in [1.82, 2.24) is 10.2 Å². The second kappa shape index (κ2) is 4.25. The Hall–Kier alpha value is -0.610. The van der Waals surface area contributed by atoms with E-state index in [-0.39, 0.29) is 5.91 Å². The van der Waals surface area contributed by atoms with Gasteiger partial charge in [0.25, 0.3) is 0 Å². The highest BCUT2D eigenvalue weighted by molar-refractivity contribution is 5.84. The van der Waals surface area contributed by atoms with Crippen LogP contribution in [0.15, 0.2) is 0 Å². The minimum Gasteiger partial charge on any atom is -0.368 e. The lowest BCUT2D eigenvalue weighted by Gasteiger charge is -2.32. The van der Waals surface area contributed by atoms with Crippen molar-refractivity contribution < 1.29 is 4.79 Å². The van der Waals surface area contributed by atoms with E-state index in [9.17, 15) is 4.79 Å². The molecule has 98 valence electrons. The Balaban J connectivity index is 1.95. The summed E-state index contributed by atoms with van der Waals surface area (Å²) in [4.78, 5) is 14.0.